The predicted octanol–water partition coefficient (Wildman–Crippen LogP) is 0.843. The molecule has 52 valence electrons. The van der Waals surface area contributed by atoms with Crippen LogP contribution in [0.25, 0.3) is 0 Å². The summed E-state index contributed by atoms with van der Waals surface area (Å²) in [7, 11) is 0. The molecule has 0 heterocycles. The third-order valence-electron chi connectivity index (χ3n) is 0.321. The van der Waals surface area contributed by atoms with Gasteiger partial charge in [0.2, 0.25) is 7.59 Å². The molecule has 0 saturated heterocycles. The van der Waals surface area contributed by atoms with Crippen LogP contribution in [0.2, 0.25) is 0 Å². The molecule has 9 heavy (non-hydrogen) atoms. The summed E-state index contributed by atoms with van der Waals surface area (Å²) >= 11 is 30.9. The molecule has 0 unspecified atom stereocenters. The van der Waals surface area contributed by atoms with Gasteiger partial charge >= 0.3 is 18.9 Å². The third-order valence-corrected chi connectivity index (χ3v) is 2.89. The number of rotatable bonds is 0. The number of hydrogen-bond acceptors (Lipinski definition) is 0. The van der Waals surface area contributed by atoms with Crippen molar-refractivity contribution in [3.63, 3.8) is 0 Å². The summed E-state index contributed by atoms with van der Waals surface area (Å²) in [6.07, 6.45) is 0. The minimum Gasteiger partial charge on any atom is -1.00 e. The average molecular weight is 245 g/mol. The molecule has 0 bridgehead atoms. The SMILES string of the molecule is ClC(Cl)(Cl)C(Cl)(Cl)Cl.[H-].[Li+]. The second-order valence-electron chi connectivity index (χ2n) is 0.996. The van der Waals surface area contributed by atoms with E-state index in [0.29, 0.717) is 0 Å². The van der Waals surface area contributed by atoms with E-state index in [-0.39, 0.29) is 20.3 Å². The Hall–Kier alpha value is 2.34. The summed E-state index contributed by atoms with van der Waals surface area (Å²) in [5.41, 5.74) is 0. The second-order valence-corrected chi connectivity index (χ2v) is 5.56. The Labute approximate surface area is 96.7 Å². The number of hydrogen-bond donors (Lipinski definition) is 0. The standard InChI is InChI=1S/C2Cl6.Li.H/c3-1(4,5)2(6,7)8;;/q;+1;-1. The van der Waals surface area contributed by atoms with E-state index in [9.17, 15) is 0 Å². The Morgan fingerprint density at radius 3 is 0.778 bits per heavy atom. The molecule has 0 aliphatic heterocycles. The minimum absolute atomic E-state index is 0. The molecule has 0 radical (unpaired) electrons. The van der Waals surface area contributed by atoms with Gasteiger partial charge in [-0.1, -0.05) is 69.6 Å². The third kappa shape index (κ3) is 5.59. The van der Waals surface area contributed by atoms with Gasteiger partial charge in [0, 0.05) is 0 Å². The van der Waals surface area contributed by atoms with Crippen molar-refractivity contribution >= 4 is 69.6 Å². The molecule has 0 spiro atoms. The van der Waals surface area contributed by atoms with Gasteiger partial charge in [0.25, 0.3) is 0 Å². The molecule has 0 N–H and O–H groups in total. The van der Waals surface area contributed by atoms with Crippen molar-refractivity contribution in [2.24, 2.45) is 0 Å². The van der Waals surface area contributed by atoms with Gasteiger partial charge in [-0.05, 0) is 0 Å². The molecule has 0 aliphatic carbocycles. The van der Waals surface area contributed by atoms with E-state index in [0.717, 1.165) is 0 Å². The van der Waals surface area contributed by atoms with Crippen LogP contribution in [0.5, 0.6) is 0 Å². The second kappa shape index (κ2) is 4.38. The maximum Gasteiger partial charge on any atom is 1.00 e. The first-order valence-electron chi connectivity index (χ1n) is 1.38. The zero-order chi connectivity index (χ0) is 7.00. The van der Waals surface area contributed by atoms with Gasteiger partial charge in [0.1, 0.15) is 0 Å². The van der Waals surface area contributed by atoms with Crippen LogP contribution in [0, 0.1) is 0 Å². The van der Waals surface area contributed by atoms with Crippen LogP contribution in [0.3, 0.4) is 0 Å². The number of alkyl halides is 6. The normalized spacial score (nSPS) is 12.7. The molecule has 0 amide bonds. The maximum atomic E-state index is 5.14. The van der Waals surface area contributed by atoms with Gasteiger partial charge in [-0.2, -0.15) is 0 Å². The minimum atomic E-state index is -1.85. The number of halogens is 6. The average Bonchev–Trinajstić information content (AvgIpc) is 1.25. The van der Waals surface area contributed by atoms with Gasteiger partial charge < -0.3 is 1.43 Å². The molecule has 0 saturated carbocycles. The van der Waals surface area contributed by atoms with E-state index >= 15 is 0 Å². The van der Waals surface area contributed by atoms with Gasteiger partial charge in [-0.15, -0.1) is 0 Å². The van der Waals surface area contributed by atoms with Crippen LogP contribution < -0.4 is 18.9 Å². The maximum absolute atomic E-state index is 5.14. The van der Waals surface area contributed by atoms with Gasteiger partial charge in [-0.25, -0.2) is 0 Å². The van der Waals surface area contributed by atoms with Gasteiger partial charge in [0.05, 0.1) is 0 Å². The fourth-order valence-corrected chi connectivity index (χ4v) is 0. The van der Waals surface area contributed by atoms with E-state index in [2.05, 4.69) is 0 Å². The Balaban J connectivity index is -0.000000245. The Morgan fingerprint density at radius 2 is 0.778 bits per heavy atom. The molecule has 0 aromatic rings. The quantitative estimate of drug-likeness (QED) is 0.438. The zero-order valence-corrected chi connectivity index (χ0v) is 8.80. The van der Waals surface area contributed by atoms with Crippen molar-refractivity contribution in [1.29, 1.82) is 0 Å². The van der Waals surface area contributed by atoms with Gasteiger partial charge in [-0.3, -0.25) is 0 Å². The molecule has 0 aliphatic rings. The Kier molecular flexibility index (Phi) is 6.77. The van der Waals surface area contributed by atoms with Crippen LogP contribution in [-0.2, 0) is 0 Å². The molecule has 7 heteroatoms. The molecule has 0 fully saturated rings. The van der Waals surface area contributed by atoms with Crippen LogP contribution >= 0.6 is 69.6 Å². The Morgan fingerprint density at radius 1 is 0.667 bits per heavy atom. The molecule has 0 aromatic carbocycles. The molecule has 0 nitrogen and oxygen atoms in total. The molecular weight excluding hydrogens is 244 g/mol. The zero-order valence-electron chi connectivity index (χ0n) is 5.27. The molecule has 0 aromatic heterocycles. The topological polar surface area (TPSA) is 0 Å². The molecule has 0 atom stereocenters. The van der Waals surface area contributed by atoms with Crippen LogP contribution in [0.4, 0.5) is 0 Å². The van der Waals surface area contributed by atoms with Crippen molar-refractivity contribution in [2.45, 2.75) is 7.59 Å². The predicted molar refractivity (Wildman–Crippen MR) is 41.7 cm³/mol. The first-order chi connectivity index (χ1) is 3.25. The summed E-state index contributed by atoms with van der Waals surface area (Å²) in [4.78, 5) is 0. The smallest absolute Gasteiger partial charge is 1.00 e. The monoisotopic (exact) mass is 242 g/mol. The van der Waals surface area contributed by atoms with Crippen LogP contribution in [-0.4, -0.2) is 7.59 Å². The van der Waals surface area contributed by atoms with E-state index in [1.54, 1.807) is 0 Å². The van der Waals surface area contributed by atoms with E-state index in [1.165, 1.54) is 0 Å². The Bertz CT molecular complexity index is 70.7. The fourth-order valence-electron chi connectivity index (χ4n) is 0. The summed E-state index contributed by atoms with van der Waals surface area (Å²) in [6.45, 7) is 0. The first kappa shape index (κ1) is 13.9. The first-order valence-corrected chi connectivity index (χ1v) is 3.65. The van der Waals surface area contributed by atoms with Crippen LogP contribution in [0.15, 0.2) is 0 Å². The van der Waals surface area contributed by atoms with E-state index < -0.39 is 7.59 Å². The summed E-state index contributed by atoms with van der Waals surface area (Å²) in [5.74, 6) is 0. The van der Waals surface area contributed by atoms with E-state index in [1.807, 2.05) is 0 Å². The van der Waals surface area contributed by atoms with Crippen molar-refractivity contribution in [3.8, 4) is 0 Å². The van der Waals surface area contributed by atoms with Crippen molar-refractivity contribution in [3.05, 3.63) is 0 Å². The largest absolute Gasteiger partial charge is 1.00 e. The molecule has 0 rings (SSSR count). The van der Waals surface area contributed by atoms with Crippen molar-refractivity contribution in [1.82, 2.24) is 0 Å². The van der Waals surface area contributed by atoms with Crippen molar-refractivity contribution < 1.29 is 20.3 Å². The summed E-state index contributed by atoms with van der Waals surface area (Å²) in [5, 5.41) is 0. The summed E-state index contributed by atoms with van der Waals surface area (Å²) in [6, 6.07) is 0. The summed E-state index contributed by atoms with van der Waals surface area (Å²) < 4.78 is -3.70. The van der Waals surface area contributed by atoms with Crippen LogP contribution in [0.1, 0.15) is 1.43 Å². The fraction of sp³-hybridized carbons (Fsp3) is 1.00. The molecular formula is C2HCl6Li. The van der Waals surface area contributed by atoms with Crippen molar-refractivity contribution in [2.75, 3.05) is 0 Å². The van der Waals surface area contributed by atoms with Gasteiger partial charge in [0.15, 0.2) is 0 Å². The van der Waals surface area contributed by atoms with E-state index in [4.69, 9.17) is 69.6 Å².